The van der Waals surface area contributed by atoms with Crippen LogP contribution in [0.25, 0.3) is 11.2 Å². The number of imidazole rings is 1. The Kier molecular flexibility index (Phi) is 6.54. The molecule has 1 saturated heterocycles. The summed E-state index contributed by atoms with van der Waals surface area (Å²) < 4.78 is 1.82. The third kappa shape index (κ3) is 4.74. The maximum absolute atomic E-state index is 13.3. The van der Waals surface area contributed by atoms with E-state index in [4.69, 9.17) is 0 Å². The average Bonchev–Trinajstić information content (AvgIpc) is 3.35. The van der Waals surface area contributed by atoms with Crippen LogP contribution >= 0.6 is 0 Å². The van der Waals surface area contributed by atoms with Crippen molar-refractivity contribution in [3.05, 3.63) is 89.9 Å². The Bertz CT molecular complexity index is 1470. The molecular formula is C30H32N6O2. The molecule has 0 N–H and O–H groups in total. The first-order chi connectivity index (χ1) is 18.6. The molecule has 2 amide bonds. The van der Waals surface area contributed by atoms with Crippen molar-refractivity contribution >= 4 is 28.7 Å². The monoisotopic (exact) mass is 508 g/mol. The van der Waals surface area contributed by atoms with Gasteiger partial charge in [-0.2, -0.15) is 0 Å². The molecular weight excluding hydrogens is 476 g/mol. The number of anilines is 1. The van der Waals surface area contributed by atoms with Gasteiger partial charge in [-0.15, -0.1) is 0 Å². The lowest BCUT2D eigenvalue weighted by atomic mass is 9.96. The number of rotatable bonds is 5. The molecule has 0 aliphatic carbocycles. The number of amides is 2. The minimum atomic E-state index is 0.0641. The molecule has 2 aliphatic heterocycles. The van der Waals surface area contributed by atoms with Crippen molar-refractivity contribution in [2.75, 3.05) is 31.1 Å². The maximum atomic E-state index is 13.3. The molecule has 1 atom stereocenters. The summed E-state index contributed by atoms with van der Waals surface area (Å²) in [5, 5.41) is 0. The molecule has 0 bridgehead atoms. The van der Waals surface area contributed by atoms with Gasteiger partial charge >= 0.3 is 0 Å². The van der Waals surface area contributed by atoms with E-state index in [1.54, 1.807) is 12.5 Å². The van der Waals surface area contributed by atoms with Crippen molar-refractivity contribution in [1.82, 2.24) is 24.3 Å². The number of nitrogens with zero attached hydrogens (tertiary/aromatic N) is 6. The fourth-order valence-corrected chi connectivity index (χ4v) is 5.75. The average molecular weight is 509 g/mol. The first-order valence-corrected chi connectivity index (χ1v) is 13.3. The van der Waals surface area contributed by atoms with Crippen molar-refractivity contribution in [1.29, 1.82) is 0 Å². The van der Waals surface area contributed by atoms with E-state index in [-0.39, 0.29) is 24.4 Å². The zero-order valence-electron chi connectivity index (χ0n) is 21.7. The van der Waals surface area contributed by atoms with Gasteiger partial charge in [-0.25, -0.2) is 9.97 Å². The first kappa shape index (κ1) is 24.2. The summed E-state index contributed by atoms with van der Waals surface area (Å²) in [4.78, 5) is 41.4. The van der Waals surface area contributed by atoms with E-state index in [1.807, 2.05) is 56.8 Å². The van der Waals surface area contributed by atoms with Crippen LogP contribution in [0.5, 0.6) is 0 Å². The van der Waals surface area contributed by atoms with Crippen LogP contribution < -0.4 is 4.90 Å². The summed E-state index contributed by atoms with van der Waals surface area (Å²) in [6.45, 7) is 5.89. The summed E-state index contributed by atoms with van der Waals surface area (Å²) in [6, 6.07) is 20.2. The van der Waals surface area contributed by atoms with Crippen molar-refractivity contribution in [2.45, 2.75) is 38.9 Å². The summed E-state index contributed by atoms with van der Waals surface area (Å²) in [5.41, 5.74) is 6.31. The van der Waals surface area contributed by atoms with Crippen LogP contribution in [0.3, 0.4) is 0 Å². The van der Waals surface area contributed by atoms with E-state index in [9.17, 15) is 9.59 Å². The Morgan fingerprint density at radius 3 is 2.63 bits per heavy atom. The topological polar surface area (TPSA) is 74.6 Å². The van der Waals surface area contributed by atoms with Crippen molar-refractivity contribution in [3.63, 3.8) is 0 Å². The number of carbonyl (C=O) groups excluding carboxylic acids is 2. The molecule has 2 aromatic heterocycles. The Balaban J connectivity index is 1.13. The molecule has 0 spiro atoms. The molecule has 8 nitrogen and oxygen atoms in total. The second-order valence-corrected chi connectivity index (χ2v) is 10.2. The molecule has 4 heterocycles. The molecule has 8 heteroatoms. The van der Waals surface area contributed by atoms with Crippen LogP contribution in [-0.4, -0.2) is 68.4 Å². The molecule has 194 valence electrons. The molecule has 2 aromatic carbocycles. The molecule has 1 fully saturated rings. The van der Waals surface area contributed by atoms with Crippen LogP contribution in [0.4, 0.5) is 5.69 Å². The van der Waals surface area contributed by atoms with Gasteiger partial charge in [-0.05, 0) is 48.2 Å². The highest BCUT2D eigenvalue weighted by Crippen LogP contribution is 2.31. The summed E-state index contributed by atoms with van der Waals surface area (Å²) in [5.74, 6) is 0.247. The zero-order valence-corrected chi connectivity index (χ0v) is 21.7. The molecule has 0 radical (unpaired) electrons. The third-order valence-electron chi connectivity index (χ3n) is 7.77. The third-order valence-corrected chi connectivity index (χ3v) is 7.77. The van der Waals surface area contributed by atoms with Gasteiger partial charge in [0.2, 0.25) is 11.8 Å². The fraction of sp³-hybridized carbons (Fsp3) is 0.333. The number of hydrogen-bond acceptors (Lipinski definition) is 5. The summed E-state index contributed by atoms with van der Waals surface area (Å²) >= 11 is 0. The number of fused-ring (bicyclic) bond motifs is 2. The van der Waals surface area contributed by atoms with E-state index in [1.165, 1.54) is 16.8 Å². The van der Waals surface area contributed by atoms with E-state index in [2.05, 4.69) is 40.0 Å². The van der Waals surface area contributed by atoms with E-state index in [0.29, 0.717) is 19.5 Å². The number of benzene rings is 2. The summed E-state index contributed by atoms with van der Waals surface area (Å²) in [6.07, 6.45) is 4.71. The molecule has 0 unspecified atom stereocenters. The second kappa shape index (κ2) is 10.3. The standard InChI is InChI=1S/C30H32N6O2/c1-22-18-33(15-16-36(22)29(38)20-35-21-32-26-10-6-13-31-30(26)35)27-11-5-9-24-12-14-34(19-25(24)27)28(37)17-23-7-3-2-4-8-23/h2-11,13,21-22H,12,14-20H2,1H3/t22-/m1/s1. The van der Waals surface area contributed by atoms with Crippen LogP contribution in [0.2, 0.25) is 0 Å². The van der Waals surface area contributed by atoms with Gasteiger partial charge in [0.15, 0.2) is 5.65 Å². The van der Waals surface area contributed by atoms with Crippen molar-refractivity contribution in [3.8, 4) is 0 Å². The van der Waals surface area contributed by atoms with E-state index in [0.717, 1.165) is 42.8 Å². The molecule has 4 aromatic rings. The molecule has 6 rings (SSSR count). The van der Waals surface area contributed by atoms with Gasteiger partial charge in [0, 0.05) is 50.6 Å². The van der Waals surface area contributed by atoms with Gasteiger partial charge in [0.1, 0.15) is 12.1 Å². The largest absolute Gasteiger partial charge is 0.367 e. The van der Waals surface area contributed by atoms with Gasteiger partial charge in [0.25, 0.3) is 0 Å². The maximum Gasteiger partial charge on any atom is 0.242 e. The number of piperazine rings is 1. The predicted octanol–water partition coefficient (Wildman–Crippen LogP) is 3.30. The number of hydrogen-bond donors (Lipinski definition) is 0. The van der Waals surface area contributed by atoms with Crippen LogP contribution in [0.15, 0.2) is 73.2 Å². The zero-order chi connectivity index (χ0) is 26.1. The molecule has 38 heavy (non-hydrogen) atoms. The number of pyridine rings is 1. The highest BCUT2D eigenvalue weighted by Gasteiger charge is 2.31. The predicted molar refractivity (Wildman–Crippen MR) is 147 cm³/mol. The smallest absolute Gasteiger partial charge is 0.242 e. The van der Waals surface area contributed by atoms with Gasteiger partial charge in [0.05, 0.1) is 12.7 Å². The number of carbonyl (C=O) groups is 2. The molecule has 0 saturated carbocycles. The highest BCUT2D eigenvalue weighted by molar-refractivity contribution is 5.80. The fourth-order valence-electron chi connectivity index (χ4n) is 5.75. The Morgan fingerprint density at radius 1 is 0.921 bits per heavy atom. The van der Waals surface area contributed by atoms with Crippen LogP contribution in [-0.2, 0) is 35.5 Å². The Morgan fingerprint density at radius 2 is 1.79 bits per heavy atom. The SMILES string of the molecule is C[C@@H]1CN(c2cccc3c2CN(C(=O)Cc2ccccc2)CC3)CCN1C(=O)Cn1cnc2cccnc21. The summed E-state index contributed by atoms with van der Waals surface area (Å²) in [7, 11) is 0. The van der Waals surface area contributed by atoms with Crippen molar-refractivity contribution < 1.29 is 9.59 Å². The minimum absolute atomic E-state index is 0.0641. The lowest BCUT2D eigenvalue weighted by molar-refractivity contribution is -0.134. The van der Waals surface area contributed by atoms with Gasteiger partial charge < -0.3 is 19.3 Å². The Hall–Kier alpha value is -4.20. The normalized spacial score (nSPS) is 17.5. The van der Waals surface area contributed by atoms with Gasteiger partial charge in [-0.1, -0.05) is 42.5 Å². The lowest BCUT2D eigenvalue weighted by Gasteiger charge is -2.42. The van der Waals surface area contributed by atoms with Crippen molar-refractivity contribution in [2.24, 2.45) is 0 Å². The van der Waals surface area contributed by atoms with Crippen LogP contribution in [0, 0.1) is 0 Å². The lowest BCUT2D eigenvalue weighted by Crippen LogP contribution is -2.55. The van der Waals surface area contributed by atoms with Crippen LogP contribution in [0.1, 0.15) is 23.6 Å². The highest BCUT2D eigenvalue weighted by atomic mass is 16.2. The van der Waals surface area contributed by atoms with E-state index < -0.39 is 0 Å². The second-order valence-electron chi connectivity index (χ2n) is 10.2. The molecule has 2 aliphatic rings. The van der Waals surface area contributed by atoms with Gasteiger partial charge in [-0.3, -0.25) is 9.59 Å². The van der Waals surface area contributed by atoms with E-state index >= 15 is 0 Å². The Labute approximate surface area is 222 Å². The number of aromatic nitrogens is 3. The minimum Gasteiger partial charge on any atom is -0.367 e. The first-order valence-electron chi connectivity index (χ1n) is 13.3. The quantitative estimate of drug-likeness (QED) is 0.414.